The molecule has 31 heavy (non-hydrogen) atoms. The lowest BCUT2D eigenvalue weighted by Gasteiger charge is -2.29. The smallest absolute Gasteiger partial charge is 0.410 e. The fraction of sp³-hybridized carbons (Fsp3) is 0.619. The van der Waals surface area contributed by atoms with Crippen LogP contribution in [0.2, 0.25) is 0 Å². The van der Waals surface area contributed by atoms with Crippen LogP contribution < -0.4 is 4.90 Å². The van der Waals surface area contributed by atoms with Gasteiger partial charge in [-0.15, -0.1) is 24.0 Å². The van der Waals surface area contributed by atoms with Crippen LogP contribution in [-0.4, -0.2) is 65.3 Å². The van der Waals surface area contributed by atoms with E-state index in [9.17, 15) is 18.7 Å². The first-order valence-corrected chi connectivity index (χ1v) is 10.2. The molecule has 2 aliphatic rings. The van der Waals surface area contributed by atoms with Gasteiger partial charge in [0.25, 0.3) is 0 Å². The highest BCUT2D eigenvalue weighted by Crippen LogP contribution is 2.25. The van der Waals surface area contributed by atoms with Crippen molar-refractivity contribution in [1.29, 1.82) is 5.41 Å². The minimum Gasteiger partial charge on any atom is -0.447 e. The van der Waals surface area contributed by atoms with E-state index in [0.29, 0.717) is 57.6 Å². The summed E-state index contributed by atoms with van der Waals surface area (Å²) in [5.74, 6) is -1.12. The van der Waals surface area contributed by atoms with Gasteiger partial charge >= 0.3 is 6.09 Å². The van der Waals surface area contributed by atoms with Gasteiger partial charge in [-0.25, -0.2) is 13.6 Å². The van der Waals surface area contributed by atoms with Gasteiger partial charge in [0.1, 0.15) is 11.6 Å². The highest BCUT2D eigenvalue weighted by atomic mass is 127. The summed E-state index contributed by atoms with van der Waals surface area (Å²) in [6, 6.07) is 2.15. The van der Waals surface area contributed by atoms with Gasteiger partial charge in [0.2, 0.25) is 0 Å². The maximum atomic E-state index is 13.7. The van der Waals surface area contributed by atoms with E-state index in [-0.39, 0.29) is 53.5 Å². The van der Waals surface area contributed by atoms with Gasteiger partial charge in [0.15, 0.2) is 0 Å². The number of amides is 1. The van der Waals surface area contributed by atoms with E-state index in [1.54, 1.807) is 9.80 Å². The zero-order valence-corrected chi connectivity index (χ0v) is 20.3. The lowest BCUT2D eigenvalue weighted by molar-refractivity contribution is 0.0457. The molecule has 0 aromatic heterocycles. The molecule has 0 unspecified atom stereocenters. The number of ether oxygens (including phenoxy) is 1. The topological polar surface area (TPSA) is 97.1 Å². The SMILES string of the molecule is CC(C)OC(=O)N1CCC(O)CC1.I.N=C1CCN(c2cc(F)c(CO)cc2F)CC1. The quantitative estimate of drug-likeness (QED) is 0.495. The summed E-state index contributed by atoms with van der Waals surface area (Å²) in [4.78, 5) is 14.7. The molecular weight excluding hydrogens is 523 g/mol. The van der Waals surface area contributed by atoms with Gasteiger partial charge in [-0.1, -0.05) is 0 Å². The average Bonchev–Trinajstić information content (AvgIpc) is 2.70. The van der Waals surface area contributed by atoms with E-state index in [1.165, 1.54) is 0 Å². The Labute approximate surface area is 198 Å². The van der Waals surface area contributed by atoms with E-state index in [2.05, 4.69) is 0 Å². The van der Waals surface area contributed by atoms with Crippen molar-refractivity contribution in [2.45, 2.75) is 58.3 Å². The summed E-state index contributed by atoms with van der Waals surface area (Å²) in [6.45, 7) is 5.43. The van der Waals surface area contributed by atoms with Crippen LogP contribution in [0, 0.1) is 17.0 Å². The molecule has 2 aliphatic heterocycles. The highest BCUT2D eigenvalue weighted by Gasteiger charge is 2.22. The van der Waals surface area contributed by atoms with E-state index in [1.807, 2.05) is 13.8 Å². The van der Waals surface area contributed by atoms with Crippen molar-refractivity contribution >= 4 is 41.5 Å². The first kappa shape index (κ1) is 27.5. The summed E-state index contributed by atoms with van der Waals surface area (Å²) >= 11 is 0. The van der Waals surface area contributed by atoms with Crippen LogP contribution in [0.15, 0.2) is 12.1 Å². The maximum Gasteiger partial charge on any atom is 0.410 e. The number of halogens is 3. The van der Waals surface area contributed by atoms with Crippen molar-refractivity contribution < 1.29 is 28.5 Å². The van der Waals surface area contributed by atoms with Crippen LogP contribution in [0.5, 0.6) is 0 Å². The number of nitrogens with zero attached hydrogens (tertiary/aromatic N) is 2. The van der Waals surface area contributed by atoms with Gasteiger partial charge in [-0.2, -0.15) is 0 Å². The predicted octanol–water partition coefficient (Wildman–Crippen LogP) is 3.68. The first-order chi connectivity index (χ1) is 14.2. The molecule has 1 aromatic rings. The molecule has 10 heteroatoms. The molecule has 0 atom stereocenters. The lowest BCUT2D eigenvalue weighted by Crippen LogP contribution is -2.41. The lowest BCUT2D eigenvalue weighted by atomic mass is 10.1. The monoisotopic (exact) mass is 555 g/mol. The van der Waals surface area contributed by atoms with Crippen LogP contribution in [0.3, 0.4) is 0 Å². The van der Waals surface area contributed by atoms with Crippen LogP contribution in [-0.2, 0) is 11.3 Å². The van der Waals surface area contributed by atoms with Gasteiger partial charge in [-0.3, -0.25) is 0 Å². The second-order valence-electron chi connectivity index (χ2n) is 7.79. The molecule has 1 amide bonds. The van der Waals surface area contributed by atoms with E-state index < -0.39 is 18.2 Å². The number of likely N-dealkylation sites (tertiary alicyclic amines) is 1. The number of carbonyl (C=O) groups excluding carboxylic acids is 1. The van der Waals surface area contributed by atoms with E-state index >= 15 is 0 Å². The number of hydrogen-bond donors (Lipinski definition) is 3. The maximum absolute atomic E-state index is 13.7. The Morgan fingerprint density at radius 2 is 1.74 bits per heavy atom. The van der Waals surface area contributed by atoms with Gasteiger partial charge in [0, 0.05) is 56.4 Å². The van der Waals surface area contributed by atoms with Crippen molar-refractivity contribution in [2.75, 3.05) is 31.1 Å². The largest absolute Gasteiger partial charge is 0.447 e. The minimum absolute atomic E-state index is 0. The number of nitrogens with one attached hydrogen (secondary N) is 1. The molecule has 0 spiro atoms. The van der Waals surface area contributed by atoms with Crippen molar-refractivity contribution in [3.8, 4) is 0 Å². The standard InChI is InChI=1S/C12H14F2N2O.C9H17NO3.HI/c13-10-6-12(11(14)5-8(10)7-17)16-3-1-9(15)2-4-16;1-7(2)13-9(12)10-5-3-8(11)4-6-10;/h5-6,15,17H,1-4,7H2;7-8,11H,3-6H2,1-2H3;1H. The number of anilines is 1. The molecule has 0 bridgehead atoms. The number of aliphatic hydroxyl groups excluding tert-OH is 2. The second-order valence-corrected chi connectivity index (χ2v) is 7.79. The summed E-state index contributed by atoms with van der Waals surface area (Å²) in [5, 5.41) is 25.5. The molecule has 2 heterocycles. The van der Waals surface area contributed by atoms with Crippen LogP contribution >= 0.6 is 24.0 Å². The molecule has 3 N–H and O–H groups in total. The van der Waals surface area contributed by atoms with Gasteiger partial charge < -0.3 is 30.2 Å². The zero-order valence-electron chi connectivity index (χ0n) is 17.9. The third-order valence-electron chi connectivity index (χ3n) is 5.05. The van der Waals surface area contributed by atoms with Crippen molar-refractivity contribution in [3.05, 3.63) is 29.3 Å². The summed E-state index contributed by atoms with van der Waals surface area (Å²) < 4.78 is 32.2. The number of benzene rings is 1. The van der Waals surface area contributed by atoms with Gasteiger partial charge in [0.05, 0.1) is 24.5 Å². The number of carbonyl (C=O) groups is 1. The third-order valence-corrected chi connectivity index (χ3v) is 5.05. The second kappa shape index (κ2) is 13.1. The number of rotatable bonds is 3. The minimum atomic E-state index is -0.593. The highest BCUT2D eigenvalue weighted by molar-refractivity contribution is 14.0. The Kier molecular flexibility index (Phi) is 11.6. The summed E-state index contributed by atoms with van der Waals surface area (Å²) in [5.41, 5.74) is 0.831. The fourth-order valence-electron chi connectivity index (χ4n) is 3.28. The van der Waals surface area contributed by atoms with Crippen LogP contribution in [0.4, 0.5) is 19.3 Å². The van der Waals surface area contributed by atoms with E-state index in [4.69, 9.17) is 15.3 Å². The predicted molar refractivity (Wildman–Crippen MR) is 125 cm³/mol. The molecule has 176 valence electrons. The third kappa shape index (κ3) is 8.49. The van der Waals surface area contributed by atoms with E-state index in [0.717, 1.165) is 12.1 Å². The summed E-state index contributed by atoms with van der Waals surface area (Å²) in [6.07, 6.45) is 1.91. The Bertz CT molecular complexity index is 734. The van der Waals surface area contributed by atoms with Crippen LogP contribution in [0.1, 0.15) is 45.1 Å². The molecule has 3 rings (SSSR count). The van der Waals surface area contributed by atoms with Crippen molar-refractivity contribution in [2.24, 2.45) is 0 Å². The van der Waals surface area contributed by atoms with Crippen molar-refractivity contribution in [3.63, 3.8) is 0 Å². The summed E-state index contributed by atoms with van der Waals surface area (Å²) in [7, 11) is 0. The fourth-order valence-corrected chi connectivity index (χ4v) is 3.28. The molecule has 0 radical (unpaired) electrons. The molecule has 7 nitrogen and oxygen atoms in total. The average molecular weight is 555 g/mol. The van der Waals surface area contributed by atoms with Gasteiger partial charge in [-0.05, 0) is 32.8 Å². The van der Waals surface area contributed by atoms with Crippen molar-refractivity contribution in [1.82, 2.24) is 4.90 Å². The molecule has 0 aliphatic carbocycles. The molecule has 1 aromatic carbocycles. The Hall–Kier alpha value is -1.53. The number of piperidine rings is 2. The molecule has 0 saturated carbocycles. The Morgan fingerprint density at radius 3 is 2.26 bits per heavy atom. The molecular formula is C21H32F2IN3O4. The Balaban J connectivity index is 0.000000311. The Morgan fingerprint density at radius 1 is 1.16 bits per heavy atom. The normalized spacial score (nSPS) is 17.1. The zero-order chi connectivity index (χ0) is 22.3. The molecule has 2 saturated heterocycles. The van der Waals surface area contributed by atoms with Crippen LogP contribution in [0.25, 0.3) is 0 Å². The number of aliphatic hydroxyl groups is 2. The number of hydrogen-bond acceptors (Lipinski definition) is 6. The molecule has 2 fully saturated rings. The first-order valence-electron chi connectivity index (χ1n) is 10.2.